The lowest BCUT2D eigenvalue weighted by atomic mass is 9.66. The summed E-state index contributed by atoms with van der Waals surface area (Å²) in [7, 11) is 0. The molecule has 0 fully saturated rings. The molecule has 0 spiro atoms. The van der Waals surface area contributed by atoms with Crippen LogP contribution in [0.4, 0.5) is 28.4 Å². The van der Waals surface area contributed by atoms with E-state index in [4.69, 9.17) is 4.42 Å². The Balaban J connectivity index is 0.964. The van der Waals surface area contributed by atoms with Gasteiger partial charge in [-0.05, 0) is 139 Å². The van der Waals surface area contributed by atoms with Gasteiger partial charge < -0.3 is 14.2 Å². The molecular formula is C74H56N2O. The van der Waals surface area contributed by atoms with Gasteiger partial charge in [0.25, 0.3) is 0 Å². The number of furan rings is 1. The van der Waals surface area contributed by atoms with Crippen LogP contribution in [0.2, 0.25) is 0 Å². The van der Waals surface area contributed by atoms with Gasteiger partial charge in [0, 0.05) is 62.1 Å². The van der Waals surface area contributed by atoms with Crippen LogP contribution in [0.1, 0.15) is 77.8 Å². The number of rotatable bonds is 9. The standard InChI is InChI=1S/C74H56N2O/c1-72(2)63-34-16-12-31-59(63)71-66(72)37-21-38-68(71)75(47-48-22-8-14-32-61(48)74(49-23-6-5-7-24-49)64-35-17-10-28-55(64)56-29-11-18-36-65(56)74)50-25-20-26-51(44-50)76(52-41-43-70-60(45-52)58-30-13-19-39-69(58)77-70)53-40-42-57-54-27-9-15-33-62(54)73(3,4)67(57)46-53/h5-46H,47H2,1-4H3. The maximum Gasteiger partial charge on any atom is 0.135 e. The van der Waals surface area contributed by atoms with Gasteiger partial charge in [-0.3, -0.25) is 0 Å². The van der Waals surface area contributed by atoms with Gasteiger partial charge in [0.2, 0.25) is 0 Å². The summed E-state index contributed by atoms with van der Waals surface area (Å²) in [5, 5.41) is 2.20. The van der Waals surface area contributed by atoms with Gasteiger partial charge in [-0.25, -0.2) is 0 Å². The lowest BCUT2D eigenvalue weighted by Crippen LogP contribution is -2.31. The Hall–Kier alpha value is -9.18. The predicted octanol–water partition coefficient (Wildman–Crippen LogP) is 19.4. The average Bonchev–Trinajstić information content (AvgIpc) is 4.37. The molecule has 0 atom stereocenters. The molecule has 0 saturated heterocycles. The lowest BCUT2D eigenvalue weighted by molar-refractivity contribution is 0.660. The number of benzene rings is 11. The first-order valence-corrected chi connectivity index (χ1v) is 27.1. The van der Waals surface area contributed by atoms with E-state index in [-0.39, 0.29) is 10.8 Å². The molecule has 0 unspecified atom stereocenters. The molecule has 11 aromatic carbocycles. The second-order valence-corrected chi connectivity index (χ2v) is 22.4. The average molecular weight is 989 g/mol. The van der Waals surface area contributed by atoms with E-state index in [1.54, 1.807) is 0 Å². The molecule has 12 aromatic rings. The third kappa shape index (κ3) is 6.56. The Morgan fingerprint density at radius 3 is 1.60 bits per heavy atom. The van der Waals surface area contributed by atoms with Crippen LogP contribution in [0.25, 0.3) is 55.3 Å². The molecule has 0 saturated carbocycles. The smallest absolute Gasteiger partial charge is 0.135 e. The molecule has 0 N–H and O–H groups in total. The summed E-state index contributed by atoms with van der Waals surface area (Å²) in [4.78, 5) is 5.07. The van der Waals surface area contributed by atoms with E-state index in [0.29, 0.717) is 6.54 Å². The van der Waals surface area contributed by atoms with Crippen LogP contribution >= 0.6 is 0 Å². The number of nitrogens with zero attached hydrogens (tertiary/aromatic N) is 2. The molecule has 1 heterocycles. The van der Waals surface area contributed by atoms with E-state index in [1.165, 1.54) is 89.1 Å². The molecule has 15 rings (SSSR count). The summed E-state index contributed by atoms with van der Waals surface area (Å²) in [6.07, 6.45) is 0. The van der Waals surface area contributed by atoms with Gasteiger partial charge in [-0.2, -0.15) is 0 Å². The summed E-state index contributed by atoms with van der Waals surface area (Å²) >= 11 is 0. The van der Waals surface area contributed by atoms with Gasteiger partial charge in [-0.1, -0.05) is 222 Å². The van der Waals surface area contributed by atoms with E-state index in [2.05, 4.69) is 286 Å². The predicted molar refractivity (Wildman–Crippen MR) is 320 cm³/mol. The second-order valence-electron chi connectivity index (χ2n) is 22.4. The number of fused-ring (bicyclic) bond motifs is 12. The van der Waals surface area contributed by atoms with Crippen molar-refractivity contribution in [3.63, 3.8) is 0 Å². The molecule has 0 bridgehead atoms. The van der Waals surface area contributed by atoms with Crippen LogP contribution in [-0.4, -0.2) is 0 Å². The zero-order valence-electron chi connectivity index (χ0n) is 43.8. The monoisotopic (exact) mass is 988 g/mol. The van der Waals surface area contributed by atoms with Crippen molar-refractivity contribution in [1.29, 1.82) is 0 Å². The van der Waals surface area contributed by atoms with Crippen molar-refractivity contribution >= 4 is 50.4 Å². The van der Waals surface area contributed by atoms with Crippen molar-refractivity contribution in [2.75, 3.05) is 9.80 Å². The minimum absolute atomic E-state index is 0.181. The zero-order chi connectivity index (χ0) is 51.6. The van der Waals surface area contributed by atoms with Crippen molar-refractivity contribution < 1.29 is 4.42 Å². The summed E-state index contributed by atoms with van der Waals surface area (Å²) in [5.74, 6) is 0. The molecule has 1 aromatic heterocycles. The molecule has 0 radical (unpaired) electrons. The van der Waals surface area contributed by atoms with E-state index < -0.39 is 5.41 Å². The maximum atomic E-state index is 6.45. The Morgan fingerprint density at radius 2 is 0.844 bits per heavy atom. The van der Waals surface area contributed by atoms with Crippen LogP contribution in [0.5, 0.6) is 0 Å². The highest BCUT2D eigenvalue weighted by Gasteiger charge is 2.47. The fourth-order valence-corrected chi connectivity index (χ4v) is 14.1. The van der Waals surface area contributed by atoms with Gasteiger partial charge in [0.05, 0.1) is 5.41 Å². The van der Waals surface area contributed by atoms with Gasteiger partial charge in [0.15, 0.2) is 0 Å². The number of anilines is 5. The van der Waals surface area contributed by atoms with Crippen LogP contribution in [0.15, 0.2) is 259 Å². The Labute approximate surface area is 451 Å². The largest absolute Gasteiger partial charge is 0.456 e. The Kier molecular flexibility index (Phi) is 9.94. The normalized spacial score (nSPS) is 14.6. The van der Waals surface area contributed by atoms with Crippen molar-refractivity contribution in [1.82, 2.24) is 0 Å². The molecule has 3 heteroatoms. The highest BCUT2D eigenvalue weighted by molar-refractivity contribution is 6.07. The Bertz CT molecular complexity index is 4300. The number of para-hydroxylation sites is 1. The minimum atomic E-state index is -0.570. The summed E-state index contributed by atoms with van der Waals surface area (Å²) < 4.78 is 6.45. The minimum Gasteiger partial charge on any atom is -0.456 e. The van der Waals surface area contributed by atoms with Gasteiger partial charge in [0.1, 0.15) is 11.2 Å². The zero-order valence-corrected chi connectivity index (χ0v) is 43.8. The highest BCUT2D eigenvalue weighted by atomic mass is 16.3. The van der Waals surface area contributed by atoms with Crippen molar-refractivity contribution in [2.24, 2.45) is 0 Å². The van der Waals surface area contributed by atoms with E-state index in [9.17, 15) is 0 Å². The van der Waals surface area contributed by atoms with E-state index in [0.717, 1.165) is 44.7 Å². The summed E-state index contributed by atoms with van der Waals surface area (Å²) in [6, 6.07) is 95.0. The first-order valence-electron chi connectivity index (χ1n) is 27.1. The fourth-order valence-electron chi connectivity index (χ4n) is 14.1. The van der Waals surface area contributed by atoms with Gasteiger partial charge >= 0.3 is 0 Å². The van der Waals surface area contributed by atoms with E-state index in [1.807, 2.05) is 6.07 Å². The van der Waals surface area contributed by atoms with Crippen LogP contribution in [-0.2, 0) is 22.8 Å². The van der Waals surface area contributed by atoms with Crippen LogP contribution in [0, 0.1) is 0 Å². The molecule has 3 nitrogen and oxygen atoms in total. The van der Waals surface area contributed by atoms with Crippen LogP contribution < -0.4 is 9.80 Å². The fraction of sp³-hybridized carbons (Fsp3) is 0.108. The van der Waals surface area contributed by atoms with Gasteiger partial charge in [-0.15, -0.1) is 0 Å². The molecule has 0 amide bonds. The summed E-state index contributed by atoms with van der Waals surface area (Å²) in [6.45, 7) is 10.1. The van der Waals surface area contributed by atoms with Crippen molar-refractivity contribution in [2.45, 2.75) is 50.5 Å². The molecular weight excluding hydrogens is 933 g/mol. The first-order chi connectivity index (χ1) is 37.7. The second kappa shape index (κ2) is 16.9. The molecule has 3 aliphatic rings. The topological polar surface area (TPSA) is 19.6 Å². The molecule has 3 aliphatic carbocycles. The van der Waals surface area contributed by atoms with Crippen LogP contribution in [0.3, 0.4) is 0 Å². The van der Waals surface area contributed by atoms with E-state index >= 15 is 0 Å². The Morgan fingerprint density at radius 1 is 0.338 bits per heavy atom. The van der Waals surface area contributed by atoms with Crippen molar-refractivity contribution in [3.8, 4) is 33.4 Å². The quantitative estimate of drug-likeness (QED) is 0.144. The number of hydrogen-bond donors (Lipinski definition) is 0. The SMILES string of the molecule is CC1(C)c2ccccc2-c2ccc(N(c3cccc(N(Cc4ccccc4C4(c5ccccc5)c5ccccc5-c5ccccc54)c4cccc5c4-c4ccccc4C5(C)C)c3)c3ccc4oc5ccccc5c4c3)cc21. The lowest BCUT2D eigenvalue weighted by Gasteiger charge is -2.37. The molecule has 77 heavy (non-hydrogen) atoms. The first kappa shape index (κ1) is 45.2. The summed E-state index contributed by atoms with van der Waals surface area (Å²) in [5.41, 5.74) is 25.9. The maximum absolute atomic E-state index is 6.45. The number of hydrogen-bond acceptors (Lipinski definition) is 3. The molecule has 0 aliphatic heterocycles. The third-order valence-corrected chi connectivity index (χ3v) is 17.6. The third-order valence-electron chi connectivity index (χ3n) is 17.6. The van der Waals surface area contributed by atoms with Crippen molar-refractivity contribution in [3.05, 3.63) is 305 Å². The molecule has 368 valence electrons. The highest BCUT2D eigenvalue weighted by Crippen LogP contribution is 2.58.